The van der Waals surface area contributed by atoms with Crippen LogP contribution in [0.1, 0.15) is 22.3 Å². The molecule has 250 valence electrons. The largest absolute Gasteiger partial charge is 0.309 e. The summed E-state index contributed by atoms with van der Waals surface area (Å²) in [6.45, 7) is 0. The Labute approximate surface area is 314 Å². The van der Waals surface area contributed by atoms with Crippen LogP contribution < -0.4 is 0 Å². The highest BCUT2D eigenvalue weighted by Gasteiger charge is 2.49. The average Bonchev–Trinajstić information content (AvgIpc) is 3.74. The molecule has 0 unspecified atom stereocenters. The summed E-state index contributed by atoms with van der Waals surface area (Å²) in [5.41, 5.74) is 18.4. The summed E-state index contributed by atoms with van der Waals surface area (Å²) in [4.78, 5) is 0. The molecule has 10 aromatic rings. The highest BCUT2D eigenvalue weighted by atomic mass is 15.0. The van der Waals surface area contributed by atoms with Gasteiger partial charge in [-0.3, -0.25) is 0 Å². The normalized spacial score (nSPS) is 13.3. The second-order valence-corrected chi connectivity index (χ2v) is 14.7. The van der Waals surface area contributed by atoms with Gasteiger partial charge in [-0.2, -0.15) is 0 Å². The Morgan fingerprint density at radius 2 is 0.759 bits per heavy atom. The molecule has 0 saturated heterocycles. The average molecular weight is 684 g/mol. The third-order valence-corrected chi connectivity index (χ3v) is 12.2. The fraction of sp³-hybridized carbons (Fsp3) is 0.0189. The van der Waals surface area contributed by atoms with Crippen molar-refractivity contribution >= 4 is 32.6 Å². The van der Waals surface area contributed by atoms with Crippen LogP contribution in [0.15, 0.2) is 200 Å². The minimum atomic E-state index is -0.601. The van der Waals surface area contributed by atoms with Gasteiger partial charge in [0.2, 0.25) is 0 Å². The van der Waals surface area contributed by atoms with Gasteiger partial charge in [-0.25, -0.2) is 0 Å². The Kier molecular flexibility index (Phi) is 6.04. The molecule has 0 atom stereocenters. The summed E-state index contributed by atoms with van der Waals surface area (Å²) in [5.74, 6) is 0. The molecule has 1 heteroatoms. The van der Waals surface area contributed by atoms with E-state index in [1.54, 1.807) is 0 Å². The molecule has 0 amide bonds. The molecule has 12 rings (SSSR count). The van der Waals surface area contributed by atoms with Crippen LogP contribution in [0.25, 0.3) is 82.8 Å². The molecule has 0 N–H and O–H groups in total. The minimum absolute atomic E-state index is 0.601. The predicted octanol–water partition coefficient (Wildman–Crippen LogP) is 13.6. The van der Waals surface area contributed by atoms with Gasteiger partial charge >= 0.3 is 0 Å². The van der Waals surface area contributed by atoms with E-state index in [0.717, 1.165) is 0 Å². The lowest BCUT2D eigenvalue weighted by Gasteiger charge is -2.37. The standard InChI is InChI=1S/C53H33N/c1-2-17-35(18-3-1)54-51-33-45-43-26-12-15-29-49(43)53(50(45)32-46(51)44-31-30-34-16-4-5-19-36(34)52(44)54)47-27-13-10-24-41(47)39-22-8-6-20-37(39)38-21-7-9-23-40(38)42-25-11-14-28-48(42)53/h1-33H. The Morgan fingerprint density at radius 3 is 1.35 bits per heavy atom. The molecule has 0 saturated carbocycles. The molecular weight excluding hydrogens is 651 g/mol. The number of hydrogen-bond donors (Lipinski definition) is 0. The van der Waals surface area contributed by atoms with Crippen molar-refractivity contribution in [1.29, 1.82) is 0 Å². The summed E-state index contributed by atoms with van der Waals surface area (Å²) in [5, 5.41) is 5.04. The summed E-state index contributed by atoms with van der Waals surface area (Å²) >= 11 is 0. The Morgan fingerprint density at radius 1 is 0.296 bits per heavy atom. The van der Waals surface area contributed by atoms with Crippen LogP contribution in [0.5, 0.6) is 0 Å². The first kappa shape index (κ1) is 29.6. The lowest BCUT2D eigenvalue weighted by atomic mass is 9.64. The number of hydrogen-bond acceptors (Lipinski definition) is 0. The fourth-order valence-electron chi connectivity index (χ4n) is 10.1. The minimum Gasteiger partial charge on any atom is -0.309 e. The molecule has 0 aliphatic heterocycles. The van der Waals surface area contributed by atoms with E-state index in [1.807, 2.05) is 0 Å². The van der Waals surface area contributed by atoms with Crippen molar-refractivity contribution in [2.24, 2.45) is 0 Å². The Balaban J connectivity index is 1.32. The van der Waals surface area contributed by atoms with Crippen molar-refractivity contribution in [3.8, 4) is 50.2 Å². The second kappa shape index (κ2) is 11.0. The van der Waals surface area contributed by atoms with E-state index in [-0.39, 0.29) is 0 Å². The maximum atomic E-state index is 2.56. The van der Waals surface area contributed by atoms with E-state index < -0.39 is 5.41 Å². The molecule has 9 aromatic carbocycles. The molecule has 0 fully saturated rings. The lowest BCUT2D eigenvalue weighted by molar-refractivity contribution is 0.774. The van der Waals surface area contributed by atoms with Crippen molar-refractivity contribution in [3.63, 3.8) is 0 Å². The molecule has 1 aromatic heterocycles. The van der Waals surface area contributed by atoms with Crippen LogP contribution in [-0.4, -0.2) is 4.57 Å². The first-order valence-corrected chi connectivity index (χ1v) is 18.9. The predicted molar refractivity (Wildman–Crippen MR) is 225 cm³/mol. The van der Waals surface area contributed by atoms with Crippen LogP contribution in [0.3, 0.4) is 0 Å². The molecule has 54 heavy (non-hydrogen) atoms. The van der Waals surface area contributed by atoms with Gasteiger partial charge in [-0.05, 0) is 96.4 Å². The molecule has 1 spiro atoms. The Bertz CT molecular complexity index is 3070. The zero-order valence-electron chi connectivity index (χ0n) is 29.5. The highest BCUT2D eigenvalue weighted by Crippen LogP contribution is 2.61. The molecule has 0 radical (unpaired) electrons. The zero-order valence-corrected chi connectivity index (χ0v) is 29.5. The summed E-state index contributed by atoms with van der Waals surface area (Å²) in [6, 6.07) is 75.0. The Hall–Kier alpha value is -6.96. The number of rotatable bonds is 1. The smallest absolute Gasteiger partial charge is 0.0725 e. The van der Waals surface area contributed by atoms with E-state index in [0.29, 0.717) is 0 Å². The topological polar surface area (TPSA) is 4.93 Å². The zero-order chi connectivity index (χ0) is 35.4. The van der Waals surface area contributed by atoms with Crippen LogP contribution >= 0.6 is 0 Å². The van der Waals surface area contributed by atoms with Gasteiger partial charge in [0.15, 0.2) is 0 Å². The molecule has 2 aliphatic carbocycles. The number of nitrogens with zero attached hydrogens (tertiary/aromatic N) is 1. The maximum Gasteiger partial charge on any atom is 0.0725 e. The van der Waals surface area contributed by atoms with Gasteiger partial charge in [0, 0.05) is 21.8 Å². The first-order valence-electron chi connectivity index (χ1n) is 18.9. The van der Waals surface area contributed by atoms with E-state index in [9.17, 15) is 0 Å². The van der Waals surface area contributed by atoms with Gasteiger partial charge in [0.1, 0.15) is 0 Å². The first-order chi connectivity index (χ1) is 26.8. The van der Waals surface area contributed by atoms with Crippen LogP contribution in [0, 0.1) is 0 Å². The van der Waals surface area contributed by atoms with Crippen molar-refractivity contribution in [3.05, 3.63) is 222 Å². The van der Waals surface area contributed by atoms with Crippen molar-refractivity contribution < 1.29 is 0 Å². The van der Waals surface area contributed by atoms with E-state index >= 15 is 0 Å². The third-order valence-electron chi connectivity index (χ3n) is 12.2. The number of benzene rings is 9. The van der Waals surface area contributed by atoms with Gasteiger partial charge in [0.25, 0.3) is 0 Å². The van der Waals surface area contributed by atoms with Gasteiger partial charge in [0.05, 0.1) is 16.4 Å². The van der Waals surface area contributed by atoms with Crippen LogP contribution in [0.2, 0.25) is 0 Å². The SMILES string of the molecule is c1ccc(-n2c3cc4c(cc3c3ccc5ccccc5c32)C2(c3ccccc3-c3ccccc3-c3ccccc3-c3ccccc32)c2ccccc2-4)cc1. The second-order valence-electron chi connectivity index (χ2n) is 14.7. The monoisotopic (exact) mass is 683 g/mol. The highest BCUT2D eigenvalue weighted by molar-refractivity contribution is 6.20. The summed E-state index contributed by atoms with van der Waals surface area (Å²) < 4.78 is 2.50. The number of fused-ring (bicyclic) bond motifs is 19. The third kappa shape index (κ3) is 3.78. The molecular formula is C53H33N. The van der Waals surface area contributed by atoms with Gasteiger partial charge in [-0.15, -0.1) is 0 Å². The molecule has 1 heterocycles. The molecule has 1 nitrogen and oxygen atoms in total. The maximum absolute atomic E-state index is 2.56. The summed E-state index contributed by atoms with van der Waals surface area (Å²) in [6.07, 6.45) is 0. The van der Waals surface area contributed by atoms with E-state index in [4.69, 9.17) is 0 Å². The molecule has 0 bridgehead atoms. The number of aromatic nitrogens is 1. The number of para-hydroxylation sites is 1. The van der Waals surface area contributed by atoms with Gasteiger partial charge in [-0.1, -0.05) is 176 Å². The van der Waals surface area contributed by atoms with Crippen molar-refractivity contribution in [1.82, 2.24) is 4.57 Å². The van der Waals surface area contributed by atoms with Crippen molar-refractivity contribution in [2.75, 3.05) is 0 Å². The van der Waals surface area contributed by atoms with Crippen LogP contribution in [0.4, 0.5) is 0 Å². The van der Waals surface area contributed by atoms with Crippen LogP contribution in [-0.2, 0) is 5.41 Å². The quantitative estimate of drug-likeness (QED) is 0.162. The van der Waals surface area contributed by atoms with E-state index in [1.165, 1.54) is 105 Å². The van der Waals surface area contributed by atoms with E-state index in [2.05, 4.69) is 205 Å². The fourth-order valence-corrected chi connectivity index (χ4v) is 10.1. The van der Waals surface area contributed by atoms with Crippen molar-refractivity contribution in [2.45, 2.75) is 5.41 Å². The molecule has 2 aliphatic rings. The lowest BCUT2D eigenvalue weighted by Crippen LogP contribution is -2.30. The summed E-state index contributed by atoms with van der Waals surface area (Å²) in [7, 11) is 0. The van der Waals surface area contributed by atoms with Gasteiger partial charge < -0.3 is 4.57 Å².